The first kappa shape index (κ1) is 11.0. The number of hydrogen-bond donors (Lipinski definition) is 2. The van der Waals surface area contributed by atoms with Gasteiger partial charge in [-0.2, -0.15) is 0 Å². The number of hydrogen-bond acceptors (Lipinski definition) is 2. The third kappa shape index (κ3) is 2.47. The minimum absolute atomic E-state index is 0.109. The van der Waals surface area contributed by atoms with Gasteiger partial charge in [-0.1, -0.05) is 6.42 Å². The van der Waals surface area contributed by atoms with E-state index in [2.05, 4.69) is 5.32 Å². The normalized spacial score (nSPS) is 20.7. The highest BCUT2D eigenvalue weighted by Gasteiger charge is 2.28. The quantitative estimate of drug-likeness (QED) is 0.664. The van der Waals surface area contributed by atoms with Crippen molar-refractivity contribution in [2.45, 2.75) is 39.2 Å². The summed E-state index contributed by atoms with van der Waals surface area (Å²) in [6.45, 7) is 3.35. The monoisotopic (exact) mass is 199 g/mol. The first-order valence-corrected chi connectivity index (χ1v) is 5.05. The molecule has 2 unspecified atom stereocenters. The van der Waals surface area contributed by atoms with Crippen LogP contribution >= 0.6 is 0 Å². The molecular weight excluding hydrogens is 182 g/mol. The number of carboxylic acids is 1. The van der Waals surface area contributed by atoms with E-state index >= 15 is 0 Å². The second-order valence-corrected chi connectivity index (χ2v) is 4.05. The maximum absolute atomic E-state index is 11.3. The summed E-state index contributed by atoms with van der Waals surface area (Å²) >= 11 is 0. The van der Waals surface area contributed by atoms with Gasteiger partial charge < -0.3 is 10.4 Å². The van der Waals surface area contributed by atoms with Crippen LogP contribution in [0.15, 0.2) is 0 Å². The van der Waals surface area contributed by atoms with Gasteiger partial charge in [-0.15, -0.1) is 0 Å². The van der Waals surface area contributed by atoms with Crippen molar-refractivity contribution in [2.24, 2.45) is 11.8 Å². The molecule has 1 amide bonds. The number of nitrogens with one attached hydrogen (secondary N) is 1. The van der Waals surface area contributed by atoms with Crippen molar-refractivity contribution < 1.29 is 14.7 Å². The molecule has 0 spiro atoms. The van der Waals surface area contributed by atoms with Crippen LogP contribution in [0.1, 0.15) is 33.1 Å². The highest BCUT2D eigenvalue weighted by Crippen LogP contribution is 2.29. The zero-order valence-corrected chi connectivity index (χ0v) is 8.62. The summed E-state index contributed by atoms with van der Waals surface area (Å²) in [6, 6.07) is 0.109. The van der Waals surface area contributed by atoms with E-state index in [4.69, 9.17) is 5.11 Å². The zero-order chi connectivity index (χ0) is 10.7. The molecule has 1 fully saturated rings. The van der Waals surface area contributed by atoms with Crippen LogP contribution in [0.3, 0.4) is 0 Å². The lowest BCUT2D eigenvalue weighted by Gasteiger charge is -2.32. The summed E-state index contributed by atoms with van der Waals surface area (Å²) in [4.78, 5) is 21.9. The summed E-state index contributed by atoms with van der Waals surface area (Å²) in [5, 5.41) is 11.4. The van der Waals surface area contributed by atoms with Gasteiger partial charge in [0.05, 0.1) is 0 Å². The molecule has 14 heavy (non-hydrogen) atoms. The standard InChI is InChI=1S/C10H17NO3/c1-6(10(13)14)9(12)11-7(2)8-4-3-5-8/h6-8H,3-5H2,1-2H3,(H,11,12)(H,13,14). The first-order chi connectivity index (χ1) is 6.52. The van der Waals surface area contributed by atoms with E-state index < -0.39 is 11.9 Å². The molecule has 1 rings (SSSR count). The predicted octanol–water partition coefficient (Wildman–Crippen LogP) is 1.01. The van der Waals surface area contributed by atoms with Crippen LogP contribution in [0, 0.1) is 11.8 Å². The Morgan fingerprint density at radius 1 is 1.36 bits per heavy atom. The number of carbonyl (C=O) groups excluding carboxylic acids is 1. The van der Waals surface area contributed by atoms with E-state index in [9.17, 15) is 9.59 Å². The molecule has 0 aromatic heterocycles. The van der Waals surface area contributed by atoms with Gasteiger partial charge in [-0.25, -0.2) is 0 Å². The summed E-state index contributed by atoms with van der Waals surface area (Å²) < 4.78 is 0. The predicted molar refractivity (Wildman–Crippen MR) is 51.7 cm³/mol. The molecule has 2 atom stereocenters. The SMILES string of the molecule is CC(C(=O)O)C(=O)NC(C)C1CCC1. The summed E-state index contributed by atoms with van der Waals surface area (Å²) in [5.41, 5.74) is 0. The Hall–Kier alpha value is -1.06. The molecule has 0 aromatic carbocycles. The molecule has 80 valence electrons. The molecule has 1 saturated carbocycles. The van der Waals surface area contributed by atoms with Gasteiger partial charge >= 0.3 is 5.97 Å². The molecule has 0 bridgehead atoms. The Labute approximate surface area is 83.7 Å². The van der Waals surface area contributed by atoms with Crippen molar-refractivity contribution in [3.8, 4) is 0 Å². The van der Waals surface area contributed by atoms with Crippen LogP contribution in [0.2, 0.25) is 0 Å². The largest absolute Gasteiger partial charge is 0.481 e. The van der Waals surface area contributed by atoms with E-state index in [0.717, 1.165) is 12.8 Å². The number of carbonyl (C=O) groups is 2. The van der Waals surface area contributed by atoms with Crippen molar-refractivity contribution in [1.29, 1.82) is 0 Å². The number of amides is 1. The van der Waals surface area contributed by atoms with Gasteiger partial charge in [-0.05, 0) is 32.6 Å². The van der Waals surface area contributed by atoms with Crippen molar-refractivity contribution in [1.82, 2.24) is 5.32 Å². The lowest BCUT2D eigenvalue weighted by atomic mass is 9.80. The molecule has 0 saturated heterocycles. The van der Waals surface area contributed by atoms with Gasteiger partial charge in [-0.3, -0.25) is 9.59 Å². The Kier molecular flexibility index (Phi) is 3.49. The Balaban J connectivity index is 2.35. The average Bonchev–Trinajstić information content (AvgIpc) is 1.98. The summed E-state index contributed by atoms with van der Waals surface area (Å²) in [5.74, 6) is -1.85. The molecule has 0 aromatic rings. The van der Waals surface area contributed by atoms with Crippen LogP contribution in [-0.4, -0.2) is 23.0 Å². The molecule has 0 radical (unpaired) electrons. The lowest BCUT2D eigenvalue weighted by Crippen LogP contribution is -2.44. The summed E-state index contributed by atoms with van der Waals surface area (Å²) in [6.07, 6.45) is 3.51. The molecule has 0 aliphatic heterocycles. The Morgan fingerprint density at radius 3 is 2.29 bits per heavy atom. The topological polar surface area (TPSA) is 66.4 Å². The molecular formula is C10H17NO3. The lowest BCUT2D eigenvalue weighted by molar-refractivity contribution is -0.146. The van der Waals surface area contributed by atoms with Crippen molar-refractivity contribution >= 4 is 11.9 Å². The second-order valence-electron chi connectivity index (χ2n) is 4.05. The van der Waals surface area contributed by atoms with Gasteiger partial charge in [0.25, 0.3) is 0 Å². The minimum Gasteiger partial charge on any atom is -0.481 e. The third-order valence-electron chi connectivity index (χ3n) is 2.99. The van der Waals surface area contributed by atoms with Gasteiger partial charge in [0.2, 0.25) is 5.91 Å². The molecule has 0 heterocycles. The first-order valence-electron chi connectivity index (χ1n) is 5.05. The van der Waals surface area contributed by atoms with Gasteiger partial charge in [0.1, 0.15) is 5.92 Å². The second kappa shape index (κ2) is 4.44. The maximum atomic E-state index is 11.3. The highest BCUT2D eigenvalue weighted by atomic mass is 16.4. The van der Waals surface area contributed by atoms with Crippen molar-refractivity contribution in [3.05, 3.63) is 0 Å². The van der Waals surface area contributed by atoms with Crippen molar-refractivity contribution in [3.63, 3.8) is 0 Å². The van der Waals surface area contributed by atoms with Crippen LogP contribution in [-0.2, 0) is 9.59 Å². The van der Waals surface area contributed by atoms with E-state index in [-0.39, 0.29) is 11.9 Å². The van der Waals surface area contributed by atoms with Gasteiger partial charge in [0, 0.05) is 6.04 Å². The van der Waals surface area contributed by atoms with Crippen LogP contribution in [0.25, 0.3) is 0 Å². The third-order valence-corrected chi connectivity index (χ3v) is 2.99. The molecule has 2 N–H and O–H groups in total. The molecule has 1 aliphatic rings. The van der Waals surface area contributed by atoms with Gasteiger partial charge in [0.15, 0.2) is 0 Å². The van der Waals surface area contributed by atoms with E-state index in [1.807, 2.05) is 6.92 Å². The number of carboxylic acid groups (broad SMARTS) is 1. The highest BCUT2D eigenvalue weighted by molar-refractivity contribution is 5.96. The van der Waals surface area contributed by atoms with Crippen LogP contribution in [0.5, 0.6) is 0 Å². The molecule has 1 aliphatic carbocycles. The van der Waals surface area contributed by atoms with Crippen LogP contribution in [0.4, 0.5) is 0 Å². The fraction of sp³-hybridized carbons (Fsp3) is 0.800. The molecule has 4 nitrogen and oxygen atoms in total. The maximum Gasteiger partial charge on any atom is 0.315 e. The fourth-order valence-corrected chi connectivity index (χ4v) is 1.52. The average molecular weight is 199 g/mol. The number of aliphatic carboxylic acids is 1. The van der Waals surface area contributed by atoms with E-state index in [1.165, 1.54) is 13.3 Å². The molecule has 4 heteroatoms. The Morgan fingerprint density at radius 2 is 1.93 bits per heavy atom. The van der Waals surface area contributed by atoms with E-state index in [1.54, 1.807) is 0 Å². The number of rotatable bonds is 4. The zero-order valence-electron chi connectivity index (χ0n) is 8.62. The minimum atomic E-state index is -1.07. The van der Waals surface area contributed by atoms with Crippen molar-refractivity contribution in [2.75, 3.05) is 0 Å². The summed E-state index contributed by atoms with van der Waals surface area (Å²) in [7, 11) is 0. The fourth-order valence-electron chi connectivity index (χ4n) is 1.52. The van der Waals surface area contributed by atoms with Crippen LogP contribution < -0.4 is 5.32 Å². The Bertz CT molecular complexity index is 236. The van der Waals surface area contributed by atoms with E-state index in [0.29, 0.717) is 5.92 Å². The smallest absolute Gasteiger partial charge is 0.315 e.